The Morgan fingerprint density at radius 1 is 1.27 bits per heavy atom. The maximum Gasteiger partial charge on any atom is 0.276 e. The van der Waals surface area contributed by atoms with Crippen LogP contribution in [0.3, 0.4) is 0 Å². The van der Waals surface area contributed by atoms with Crippen molar-refractivity contribution in [3.63, 3.8) is 0 Å². The first-order valence-electron chi connectivity index (χ1n) is 7.69. The molecule has 2 aromatic rings. The normalized spacial score (nSPS) is 14.0. The number of aromatic nitrogens is 3. The van der Waals surface area contributed by atoms with Gasteiger partial charge >= 0.3 is 0 Å². The van der Waals surface area contributed by atoms with Gasteiger partial charge < -0.3 is 10.0 Å². The van der Waals surface area contributed by atoms with Gasteiger partial charge in [0.15, 0.2) is 5.69 Å². The topological polar surface area (TPSA) is 71.2 Å². The van der Waals surface area contributed by atoms with Crippen molar-refractivity contribution in [3.8, 4) is 5.69 Å². The van der Waals surface area contributed by atoms with Crippen molar-refractivity contribution in [1.29, 1.82) is 0 Å². The zero-order valence-electron chi connectivity index (χ0n) is 12.4. The second kappa shape index (κ2) is 6.70. The lowest BCUT2D eigenvalue weighted by atomic mass is 10.2. The smallest absolute Gasteiger partial charge is 0.276 e. The number of amides is 1. The zero-order valence-corrected chi connectivity index (χ0v) is 12.4. The number of para-hydroxylation sites is 1. The lowest BCUT2D eigenvalue weighted by molar-refractivity contribution is 0.0730. The Kier molecular flexibility index (Phi) is 4.48. The number of nitrogens with zero attached hydrogens (tertiary/aromatic N) is 4. The molecule has 1 N–H and O–H groups in total. The van der Waals surface area contributed by atoms with Gasteiger partial charge in [0.05, 0.1) is 11.9 Å². The molecule has 1 aromatic carbocycles. The fourth-order valence-electron chi connectivity index (χ4n) is 2.42. The summed E-state index contributed by atoms with van der Waals surface area (Å²) in [5, 5.41) is 17.4. The van der Waals surface area contributed by atoms with E-state index in [0.29, 0.717) is 24.7 Å². The molecule has 1 heterocycles. The molecule has 116 valence electrons. The highest BCUT2D eigenvalue weighted by Gasteiger charge is 2.33. The van der Waals surface area contributed by atoms with Crippen molar-refractivity contribution < 1.29 is 9.90 Å². The third kappa shape index (κ3) is 3.33. The Hall–Kier alpha value is -2.21. The summed E-state index contributed by atoms with van der Waals surface area (Å²) in [4.78, 5) is 16.0. The van der Waals surface area contributed by atoms with E-state index < -0.39 is 0 Å². The number of aliphatic hydroxyl groups is 1. The van der Waals surface area contributed by atoms with E-state index >= 15 is 0 Å². The molecule has 3 rings (SSSR count). The van der Waals surface area contributed by atoms with Gasteiger partial charge in [0.25, 0.3) is 5.91 Å². The summed E-state index contributed by atoms with van der Waals surface area (Å²) >= 11 is 0. The van der Waals surface area contributed by atoms with Gasteiger partial charge in [-0.15, -0.1) is 5.10 Å². The van der Waals surface area contributed by atoms with Gasteiger partial charge in [-0.3, -0.25) is 4.79 Å². The van der Waals surface area contributed by atoms with Gasteiger partial charge in [-0.2, -0.15) is 9.90 Å². The monoisotopic (exact) mass is 300 g/mol. The number of carbonyl (C=O) groups is 1. The largest absolute Gasteiger partial charge is 0.396 e. The van der Waals surface area contributed by atoms with Gasteiger partial charge in [-0.25, -0.2) is 0 Å². The van der Waals surface area contributed by atoms with Crippen molar-refractivity contribution >= 4 is 5.91 Å². The Morgan fingerprint density at radius 3 is 2.73 bits per heavy atom. The van der Waals surface area contributed by atoms with Crippen LogP contribution in [-0.2, 0) is 0 Å². The summed E-state index contributed by atoms with van der Waals surface area (Å²) in [7, 11) is 0. The first-order valence-corrected chi connectivity index (χ1v) is 7.69. The van der Waals surface area contributed by atoms with E-state index in [4.69, 9.17) is 5.11 Å². The number of unbranched alkanes of at least 4 members (excludes halogenated alkanes) is 1. The second-order valence-corrected chi connectivity index (χ2v) is 5.52. The van der Waals surface area contributed by atoms with Crippen molar-refractivity contribution in [2.45, 2.75) is 31.7 Å². The minimum atomic E-state index is -0.0670. The number of hydrogen-bond donors (Lipinski definition) is 1. The molecular formula is C16H20N4O2. The Labute approximate surface area is 129 Å². The number of carbonyl (C=O) groups excluding carboxylic acids is 1. The van der Waals surface area contributed by atoms with Crippen LogP contribution >= 0.6 is 0 Å². The third-order valence-electron chi connectivity index (χ3n) is 3.75. The minimum absolute atomic E-state index is 0.0670. The fraction of sp³-hybridized carbons (Fsp3) is 0.438. The van der Waals surface area contributed by atoms with Crippen LogP contribution in [0.15, 0.2) is 36.5 Å². The molecule has 1 amide bonds. The Morgan fingerprint density at radius 2 is 2.05 bits per heavy atom. The van der Waals surface area contributed by atoms with Gasteiger partial charge in [0.1, 0.15) is 0 Å². The number of rotatable bonds is 7. The van der Waals surface area contributed by atoms with Crippen LogP contribution in [0.2, 0.25) is 0 Å². The predicted octanol–water partition coefficient (Wildman–Crippen LogP) is 1.64. The van der Waals surface area contributed by atoms with Crippen molar-refractivity contribution in [3.05, 3.63) is 42.2 Å². The van der Waals surface area contributed by atoms with E-state index in [1.54, 1.807) is 0 Å². The lowest BCUT2D eigenvalue weighted by Gasteiger charge is -2.20. The predicted molar refractivity (Wildman–Crippen MR) is 81.7 cm³/mol. The Balaban J connectivity index is 1.72. The van der Waals surface area contributed by atoms with Crippen LogP contribution in [0.5, 0.6) is 0 Å². The average Bonchev–Trinajstić information content (AvgIpc) is 3.27. The molecule has 1 aliphatic carbocycles. The summed E-state index contributed by atoms with van der Waals surface area (Å²) in [6, 6.07) is 9.86. The first-order chi connectivity index (χ1) is 10.8. The van der Waals surface area contributed by atoms with Crippen LogP contribution in [0.25, 0.3) is 5.69 Å². The molecule has 0 saturated heterocycles. The fourth-order valence-corrected chi connectivity index (χ4v) is 2.42. The summed E-state index contributed by atoms with van der Waals surface area (Å²) in [6.07, 6.45) is 5.16. The molecule has 6 nitrogen and oxygen atoms in total. The summed E-state index contributed by atoms with van der Waals surface area (Å²) in [5.74, 6) is -0.0670. The second-order valence-electron chi connectivity index (χ2n) is 5.52. The lowest BCUT2D eigenvalue weighted by Crippen LogP contribution is -2.34. The standard InChI is InChI=1S/C16H20N4O2/c21-11-5-4-10-19(13-8-9-13)16(22)15-12-17-20(18-15)14-6-2-1-3-7-14/h1-3,6-7,12-13,21H,4-5,8-11H2. The molecular weight excluding hydrogens is 280 g/mol. The van der Waals surface area contributed by atoms with Gasteiger partial charge in [-0.1, -0.05) is 18.2 Å². The molecule has 22 heavy (non-hydrogen) atoms. The molecule has 0 aliphatic heterocycles. The highest BCUT2D eigenvalue weighted by molar-refractivity contribution is 5.92. The molecule has 6 heteroatoms. The first kappa shape index (κ1) is 14.7. The molecule has 1 aliphatic rings. The highest BCUT2D eigenvalue weighted by atomic mass is 16.3. The van der Waals surface area contributed by atoms with Gasteiger partial charge in [0.2, 0.25) is 0 Å². The molecule has 0 radical (unpaired) electrons. The molecule has 1 fully saturated rings. The van der Waals surface area contributed by atoms with Crippen LogP contribution < -0.4 is 0 Å². The summed E-state index contributed by atoms with van der Waals surface area (Å²) in [5.41, 5.74) is 1.21. The van der Waals surface area contributed by atoms with Crippen molar-refractivity contribution in [2.24, 2.45) is 0 Å². The van der Waals surface area contributed by atoms with Gasteiger partial charge in [-0.05, 0) is 37.8 Å². The number of benzene rings is 1. The summed E-state index contributed by atoms with van der Waals surface area (Å²) in [6.45, 7) is 0.832. The van der Waals surface area contributed by atoms with Crippen LogP contribution in [-0.4, -0.2) is 50.1 Å². The van der Waals surface area contributed by atoms with E-state index in [1.807, 2.05) is 35.2 Å². The van der Waals surface area contributed by atoms with E-state index in [-0.39, 0.29) is 12.5 Å². The third-order valence-corrected chi connectivity index (χ3v) is 3.75. The average molecular weight is 300 g/mol. The van der Waals surface area contributed by atoms with Gasteiger partial charge in [0, 0.05) is 19.2 Å². The maximum atomic E-state index is 12.6. The van der Waals surface area contributed by atoms with Crippen LogP contribution in [0.4, 0.5) is 0 Å². The SMILES string of the molecule is O=C(c1cnn(-c2ccccc2)n1)N(CCCCO)C1CC1. The Bertz CT molecular complexity index is 622. The van der Waals surface area contributed by atoms with Crippen molar-refractivity contribution in [2.75, 3.05) is 13.2 Å². The molecule has 1 aromatic heterocycles. The summed E-state index contributed by atoms with van der Waals surface area (Å²) < 4.78 is 0. The van der Waals surface area contributed by atoms with E-state index in [0.717, 1.165) is 24.9 Å². The number of hydrogen-bond acceptors (Lipinski definition) is 4. The van der Waals surface area contributed by atoms with Crippen LogP contribution in [0, 0.1) is 0 Å². The zero-order chi connectivity index (χ0) is 15.4. The van der Waals surface area contributed by atoms with Crippen LogP contribution in [0.1, 0.15) is 36.2 Å². The van der Waals surface area contributed by atoms with Crippen molar-refractivity contribution in [1.82, 2.24) is 19.9 Å². The molecule has 1 saturated carbocycles. The molecule has 0 unspecified atom stereocenters. The highest BCUT2D eigenvalue weighted by Crippen LogP contribution is 2.28. The molecule has 0 spiro atoms. The molecule has 0 atom stereocenters. The van der Waals surface area contributed by atoms with E-state index in [2.05, 4.69) is 10.2 Å². The van der Waals surface area contributed by atoms with E-state index in [1.165, 1.54) is 11.0 Å². The van der Waals surface area contributed by atoms with E-state index in [9.17, 15) is 4.79 Å². The molecule has 0 bridgehead atoms. The number of aliphatic hydroxyl groups excluding tert-OH is 1. The quantitative estimate of drug-likeness (QED) is 0.789. The minimum Gasteiger partial charge on any atom is -0.396 e. The maximum absolute atomic E-state index is 12.6.